The number of benzene rings is 1. The van der Waals surface area contributed by atoms with Crippen LogP contribution in [0.3, 0.4) is 0 Å². The van der Waals surface area contributed by atoms with E-state index in [9.17, 15) is 0 Å². The second-order valence-electron chi connectivity index (χ2n) is 4.48. The lowest BCUT2D eigenvalue weighted by molar-refractivity contribution is 0.308. The summed E-state index contributed by atoms with van der Waals surface area (Å²) in [4.78, 5) is 0. The molecule has 0 heterocycles. The Morgan fingerprint density at radius 2 is 1.67 bits per heavy atom. The van der Waals surface area contributed by atoms with Gasteiger partial charge in [0.25, 0.3) is 0 Å². The van der Waals surface area contributed by atoms with Crippen LogP contribution < -0.4 is 5.73 Å². The van der Waals surface area contributed by atoms with E-state index in [4.69, 9.17) is 17.3 Å². The molecule has 1 aromatic rings. The van der Waals surface area contributed by atoms with Gasteiger partial charge in [0.15, 0.2) is 0 Å². The van der Waals surface area contributed by atoms with Gasteiger partial charge in [-0.2, -0.15) is 0 Å². The van der Waals surface area contributed by atoms with Gasteiger partial charge >= 0.3 is 0 Å². The van der Waals surface area contributed by atoms with Gasteiger partial charge in [0, 0.05) is 11.1 Å². The molecule has 1 aliphatic rings. The maximum absolute atomic E-state index is 6.28. The van der Waals surface area contributed by atoms with Crippen molar-refractivity contribution in [2.45, 2.75) is 38.1 Å². The minimum absolute atomic E-state index is 0.197. The average molecular weight is 224 g/mol. The van der Waals surface area contributed by atoms with E-state index in [0.717, 1.165) is 5.02 Å². The first kappa shape index (κ1) is 11.0. The number of nitrogens with two attached hydrogens (primary N) is 1. The van der Waals surface area contributed by atoms with E-state index >= 15 is 0 Å². The van der Waals surface area contributed by atoms with Crippen molar-refractivity contribution in [2.75, 3.05) is 0 Å². The van der Waals surface area contributed by atoms with Gasteiger partial charge in [-0.1, -0.05) is 43.0 Å². The van der Waals surface area contributed by atoms with Crippen LogP contribution in [0.1, 0.15) is 43.7 Å². The predicted molar refractivity (Wildman–Crippen MR) is 65.0 cm³/mol. The van der Waals surface area contributed by atoms with Crippen molar-refractivity contribution in [2.24, 2.45) is 11.7 Å². The van der Waals surface area contributed by atoms with E-state index in [0.29, 0.717) is 5.92 Å². The first-order valence-electron chi connectivity index (χ1n) is 5.78. The summed E-state index contributed by atoms with van der Waals surface area (Å²) in [7, 11) is 0. The number of rotatable bonds is 2. The Kier molecular flexibility index (Phi) is 3.66. The lowest BCUT2D eigenvalue weighted by Crippen LogP contribution is -2.23. The molecule has 2 N–H and O–H groups in total. The van der Waals surface area contributed by atoms with E-state index in [1.165, 1.54) is 37.7 Å². The van der Waals surface area contributed by atoms with Crippen LogP contribution in [0.2, 0.25) is 5.02 Å². The van der Waals surface area contributed by atoms with Gasteiger partial charge in [-0.15, -0.1) is 0 Å². The van der Waals surface area contributed by atoms with Crippen LogP contribution in [-0.2, 0) is 0 Å². The zero-order chi connectivity index (χ0) is 10.7. The molecule has 0 spiro atoms. The largest absolute Gasteiger partial charge is 0.324 e. The summed E-state index contributed by atoms with van der Waals surface area (Å²) >= 11 is 5.86. The molecule has 2 rings (SSSR count). The van der Waals surface area contributed by atoms with Gasteiger partial charge < -0.3 is 5.73 Å². The molecule has 0 saturated heterocycles. The molecule has 0 aliphatic heterocycles. The number of halogens is 1. The monoisotopic (exact) mass is 223 g/mol. The van der Waals surface area contributed by atoms with Crippen molar-refractivity contribution < 1.29 is 0 Å². The molecule has 1 atom stereocenters. The minimum atomic E-state index is 0.197. The molecule has 0 amide bonds. The van der Waals surface area contributed by atoms with Crippen molar-refractivity contribution >= 4 is 11.6 Å². The van der Waals surface area contributed by atoms with Crippen molar-refractivity contribution in [1.82, 2.24) is 0 Å². The molecule has 15 heavy (non-hydrogen) atoms. The predicted octanol–water partition coefficient (Wildman–Crippen LogP) is 3.92. The summed E-state index contributed by atoms with van der Waals surface area (Å²) < 4.78 is 0. The quantitative estimate of drug-likeness (QED) is 0.808. The van der Waals surface area contributed by atoms with Crippen molar-refractivity contribution in [3.8, 4) is 0 Å². The highest BCUT2D eigenvalue weighted by atomic mass is 35.5. The van der Waals surface area contributed by atoms with Crippen molar-refractivity contribution in [3.05, 3.63) is 34.9 Å². The Morgan fingerprint density at radius 3 is 2.27 bits per heavy atom. The Bertz CT molecular complexity index is 301. The van der Waals surface area contributed by atoms with Crippen LogP contribution in [0.5, 0.6) is 0 Å². The molecule has 1 nitrogen and oxygen atoms in total. The second kappa shape index (κ2) is 5.00. The van der Waals surface area contributed by atoms with Crippen molar-refractivity contribution in [1.29, 1.82) is 0 Å². The van der Waals surface area contributed by atoms with Gasteiger partial charge in [-0.25, -0.2) is 0 Å². The van der Waals surface area contributed by atoms with E-state index < -0.39 is 0 Å². The van der Waals surface area contributed by atoms with Gasteiger partial charge in [0.1, 0.15) is 0 Å². The molecule has 1 aromatic carbocycles. The van der Waals surface area contributed by atoms with Crippen LogP contribution >= 0.6 is 11.6 Å². The summed E-state index contributed by atoms with van der Waals surface area (Å²) in [6, 6.07) is 8.17. The first-order valence-corrected chi connectivity index (χ1v) is 6.16. The normalized spacial score (nSPS) is 20.1. The number of hydrogen-bond acceptors (Lipinski definition) is 1. The highest BCUT2D eigenvalue weighted by Crippen LogP contribution is 2.33. The fraction of sp³-hybridized carbons (Fsp3) is 0.538. The van der Waals surface area contributed by atoms with Crippen LogP contribution in [0, 0.1) is 5.92 Å². The summed E-state index contributed by atoms with van der Waals surface area (Å²) in [5.74, 6) is 0.667. The third kappa shape index (κ3) is 2.73. The van der Waals surface area contributed by atoms with E-state index in [1.807, 2.05) is 12.1 Å². The second-order valence-corrected chi connectivity index (χ2v) is 4.91. The highest BCUT2D eigenvalue weighted by molar-refractivity contribution is 6.30. The summed E-state index contributed by atoms with van der Waals surface area (Å²) in [5.41, 5.74) is 7.50. The molecule has 2 heteroatoms. The molecule has 0 bridgehead atoms. The molecular weight excluding hydrogens is 206 g/mol. The van der Waals surface area contributed by atoms with Gasteiger partial charge in [-0.05, 0) is 36.5 Å². The van der Waals surface area contributed by atoms with Crippen LogP contribution in [-0.4, -0.2) is 0 Å². The highest BCUT2D eigenvalue weighted by Gasteiger charge is 2.21. The van der Waals surface area contributed by atoms with E-state index in [2.05, 4.69) is 12.1 Å². The van der Waals surface area contributed by atoms with Crippen LogP contribution in [0.4, 0.5) is 0 Å². The van der Waals surface area contributed by atoms with Gasteiger partial charge in [0.05, 0.1) is 0 Å². The average Bonchev–Trinajstić information content (AvgIpc) is 2.30. The maximum atomic E-state index is 6.28. The third-order valence-electron chi connectivity index (χ3n) is 3.41. The molecule has 82 valence electrons. The summed E-state index contributed by atoms with van der Waals surface area (Å²) in [6.45, 7) is 0. The Balaban J connectivity index is 2.05. The lowest BCUT2D eigenvalue weighted by Gasteiger charge is -2.27. The van der Waals surface area contributed by atoms with Gasteiger partial charge in [0.2, 0.25) is 0 Å². The fourth-order valence-corrected chi connectivity index (χ4v) is 2.58. The Hall–Kier alpha value is -0.530. The molecule has 1 unspecified atom stereocenters. The lowest BCUT2D eigenvalue weighted by atomic mass is 9.82. The first-order chi connectivity index (χ1) is 7.27. The fourth-order valence-electron chi connectivity index (χ4n) is 2.45. The molecular formula is C13H18ClN. The molecule has 0 radical (unpaired) electrons. The maximum Gasteiger partial charge on any atom is 0.0406 e. The Morgan fingerprint density at radius 1 is 1.07 bits per heavy atom. The zero-order valence-electron chi connectivity index (χ0n) is 8.95. The third-order valence-corrected chi connectivity index (χ3v) is 3.66. The van der Waals surface area contributed by atoms with Crippen LogP contribution in [0.15, 0.2) is 24.3 Å². The van der Waals surface area contributed by atoms with Gasteiger partial charge in [-0.3, -0.25) is 0 Å². The molecule has 1 fully saturated rings. The van der Waals surface area contributed by atoms with E-state index in [-0.39, 0.29) is 6.04 Å². The zero-order valence-corrected chi connectivity index (χ0v) is 9.71. The summed E-state index contributed by atoms with van der Waals surface area (Å²) in [5, 5.41) is 0.787. The molecule has 1 aliphatic carbocycles. The van der Waals surface area contributed by atoms with Crippen molar-refractivity contribution in [3.63, 3.8) is 0 Å². The van der Waals surface area contributed by atoms with Crippen LogP contribution in [0.25, 0.3) is 0 Å². The summed E-state index contributed by atoms with van der Waals surface area (Å²) in [6.07, 6.45) is 6.62. The number of hydrogen-bond donors (Lipinski definition) is 1. The topological polar surface area (TPSA) is 26.0 Å². The van der Waals surface area contributed by atoms with E-state index in [1.54, 1.807) is 0 Å². The molecule has 0 aromatic heterocycles. The Labute approximate surface area is 96.6 Å². The minimum Gasteiger partial charge on any atom is -0.324 e. The standard InChI is InChI=1S/C13H18ClN/c14-12-8-6-11(7-9-12)13(15)10-4-2-1-3-5-10/h6-10,13H,1-5,15H2. The molecule has 1 saturated carbocycles. The smallest absolute Gasteiger partial charge is 0.0406 e. The SMILES string of the molecule is NC(c1ccc(Cl)cc1)C1CCCCC1.